The van der Waals surface area contributed by atoms with E-state index in [4.69, 9.17) is 4.42 Å². The van der Waals surface area contributed by atoms with Crippen molar-refractivity contribution < 1.29 is 4.42 Å². The number of benzene rings is 8. The molecule has 50 heavy (non-hydrogen) atoms. The first-order chi connectivity index (χ1) is 24.8. The lowest BCUT2D eigenvalue weighted by molar-refractivity contribution is 0.672. The fraction of sp³-hybridized carbons (Fsp3) is 0. The van der Waals surface area contributed by atoms with Crippen molar-refractivity contribution in [2.24, 2.45) is 0 Å². The van der Waals surface area contributed by atoms with Gasteiger partial charge in [0.1, 0.15) is 11.2 Å². The highest BCUT2D eigenvalue weighted by molar-refractivity contribution is 7.25. The summed E-state index contributed by atoms with van der Waals surface area (Å²) in [5.74, 6) is 0. The third-order valence-corrected chi connectivity index (χ3v) is 11.3. The Morgan fingerprint density at radius 3 is 2.08 bits per heavy atom. The standard InChI is InChI=1S/C46H28N2OS/c1-2-14-30(15-3-1)48-38-21-9-6-17-33(38)36-20-12-22-39(45(36)48)47(31-25-26-35-34-18-8-11-24-42(34)50-43(35)28-31)40-27-29-13-4-5-16-32(29)46-44(40)37-19-7-10-23-41(37)49-46/h1-28H. The maximum atomic E-state index is 6.74. The van der Waals surface area contributed by atoms with Gasteiger partial charge >= 0.3 is 0 Å². The van der Waals surface area contributed by atoms with Gasteiger partial charge in [0, 0.05) is 53.1 Å². The number of nitrogens with zero attached hydrogens (tertiary/aromatic N) is 2. The number of para-hydroxylation sites is 4. The molecule has 0 aliphatic rings. The molecule has 0 aliphatic heterocycles. The quantitative estimate of drug-likeness (QED) is 0.188. The molecule has 0 amide bonds. The van der Waals surface area contributed by atoms with Crippen LogP contribution in [0.15, 0.2) is 174 Å². The fourth-order valence-electron chi connectivity index (χ4n) is 8.00. The molecule has 3 nitrogen and oxygen atoms in total. The first-order valence-electron chi connectivity index (χ1n) is 16.9. The van der Waals surface area contributed by atoms with Crippen molar-refractivity contribution in [3.63, 3.8) is 0 Å². The van der Waals surface area contributed by atoms with Crippen LogP contribution in [0.1, 0.15) is 0 Å². The minimum Gasteiger partial charge on any atom is -0.455 e. The van der Waals surface area contributed by atoms with Crippen LogP contribution in [-0.4, -0.2) is 4.57 Å². The van der Waals surface area contributed by atoms with E-state index in [-0.39, 0.29) is 0 Å². The number of hydrogen-bond donors (Lipinski definition) is 0. The van der Waals surface area contributed by atoms with Crippen LogP contribution >= 0.6 is 11.3 Å². The number of hydrogen-bond acceptors (Lipinski definition) is 3. The molecule has 0 radical (unpaired) electrons. The number of rotatable bonds is 4. The molecule has 0 N–H and O–H groups in total. The summed E-state index contributed by atoms with van der Waals surface area (Å²) in [7, 11) is 0. The van der Waals surface area contributed by atoms with Gasteiger partial charge in [-0.25, -0.2) is 0 Å². The van der Waals surface area contributed by atoms with Crippen LogP contribution in [0.25, 0.3) is 80.4 Å². The van der Waals surface area contributed by atoms with Crippen molar-refractivity contribution in [1.82, 2.24) is 4.57 Å². The Labute approximate surface area is 291 Å². The van der Waals surface area contributed by atoms with E-state index in [0.29, 0.717) is 0 Å². The van der Waals surface area contributed by atoms with Crippen molar-refractivity contribution in [1.29, 1.82) is 0 Å². The van der Waals surface area contributed by atoms with E-state index in [1.807, 2.05) is 11.3 Å². The van der Waals surface area contributed by atoms with Crippen LogP contribution in [0.5, 0.6) is 0 Å². The van der Waals surface area contributed by atoms with E-state index in [2.05, 4.69) is 179 Å². The highest BCUT2D eigenvalue weighted by Gasteiger charge is 2.26. The largest absolute Gasteiger partial charge is 0.455 e. The zero-order valence-electron chi connectivity index (χ0n) is 26.9. The molecule has 0 saturated heterocycles. The second-order valence-corrected chi connectivity index (χ2v) is 14.0. The fourth-order valence-corrected chi connectivity index (χ4v) is 9.14. The molecular formula is C46H28N2OS. The molecule has 0 unspecified atom stereocenters. The van der Waals surface area contributed by atoms with E-state index in [0.717, 1.165) is 61.0 Å². The van der Waals surface area contributed by atoms with E-state index in [1.54, 1.807) is 0 Å². The van der Waals surface area contributed by atoms with Gasteiger partial charge in [0.15, 0.2) is 0 Å². The molecule has 0 aliphatic carbocycles. The van der Waals surface area contributed by atoms with Crippen LogP contribution in [0.3, 0.4) is 0 Å². The zero-order chi connectivity index (χ0) is 32.8. The van der Waals surface area contributed by atoms with Gasteiger partial charge < -0.3 is 13.9 Å². The summed E-state index contributed by atoms with van der Waals surface area (Å²) in [4.78, 5) is 2.47. The second kappa shape index (κ2) is 10.6. The average molecular weight is 657 g/mol. The molecule has 8 aromatic carbocycles. The maximum Gasteiger partial charge on any atom is 0.145 e. The summed E-state index contributed by atoms with van der Waals surface area (Å²) in [5.41, 5.74) is 8.54. The van der Waals surface area contributed by atoms with E-state index in [9.17, 15) is 0 Å². The number of thiophene rings is 1. The smallest absolute Gasteiger partial charge is 0.145 e. The van der Waals surface area contributed by atoms with Crippen molar-refractivity contribution in [2.75, 3.05) is 4.90 Å². The molecule has 11 aromatic rings. The Hall–Kier alpha value is -6.36. The molecular weight excluding hydrogens is 629 g/mol. The molecule has 11 rings (SSSR count). The van der Waals surface area contributed by atoms with Crippen LogP contribution < -0.4 is 4.90 Å². The lowest BCUT2D eigenvalue weighted by Gasteiger charge is -2.28. The molecule has 0 atom stereocenters. The van der Waals surface area contributed by atoms with Gasteiger partial charge in [0.2, 0.25) is 0 Å². The van der Waals surface area contributed by atoms with E-state index >= 15 is 0 Å². The van der Waals surface area contributed by atoms with Crippen LogP contribution in [0, 0.1) is 0 Å². The number of anilines is 3. The predicted octanol–water partition coefficient (Wildman–Crippen LogP) is 13.7. The zero-order valence-corrected chi connectivity index (χ0v) is 27.7. The number of fused-ring (bicyclic) bond motifs is 11. The summed E-state index contributed by atoms with van der Waals surface area (Å²) in [6.45, 7) is 0. The molecule has 4 heteroatoms. The molecule has 3 aromatic heterocycles. The Morgan fingerprint density at radius 1 is 0.480 bits per heavy atom. The number of furan rings is 1. The van der Waals surface area contributed by atoms with Crippen molar-refractivity contribution >= 4 is 103 Å². The maximum absolute atomic E-state index is 6.74. The lowest BCUT2D eigenvalue weighted by atomic mass is 10.0. The van der Waals surface area contributed by atoms with Gasteiger partial charge in [-0.15, -0.1) is 11.3 Å². The van der Waals surface area contributed by atoms with Crippen molar-refractivity contribution in [2.45, 2.75) is 0 Å². The van der Waals surface area contributed by atoms with E-state index < -0.39 is 0 Å². The molecule has 0 bridgehead atoms. The van der Waals surface area contributed by atoms with Crippen LogP contribution in [0.4, 0.5) is 17.1 Å². The third-order valence-electron chi connectivity index (χ3n) is 10.1. The topological polar surface area (TPSA) is 21.3 Å². The highest BCUT2D eigenvalue weighted by Crippen LogP contribution is 2.50. The van der Waals surface area contributed by atoms with Gasteiger partial charge in [-0.1, -0.05) is 115 Å². The molecule has 0 saturated carbocycles. The molecule has 0 spiro atoms. The summed E-state index contributed by atoms with van der Waals surface area (Å²) in [5, 5.41) is 9.47. The Kier molecular flexibility index (Phi) is 5.83. The van der Waals surface area contributed by atoms with Gasteiger partial charge in [-0.2, -0.15) is 0 Å². The van der Waals surface area contributed by atoms with Gasteiger partial charge in [0.05, 0.1) is 27.8 Å². The first kappa shape index (κ1) is 27.6. The Bertz CT molecular complexity index is 3110. The van der Waals surface area contributed by atoms with Crippen LogP contribution in [-0.2, 0) is 0 Å². The summed E-state index contributed by atoms with van der Waals surface area (Å²) in [6.07, 6.45) is 0. The van der Waals surface area contributed by atoms with Crippen molar-refractivity contribution in [3.05, 3.63) is 170 Å². The summed E-state index contributed by atoms with van der Waals surface area (Å²) >= 11 is 1.85. The predicted molar refractivity (Wildman–Crippen MR) is 213 cm³/mol. The normalized spacial score (nSPS) is 12.0. The average Bonchev–Trinajstić information content (AvgIpc) is 3.85. The minimum absolute atomic E-state index is 0.886. The van der Waals surface area contributed by atoms with Crippen molar-refractivity contribution in [3.8, 4) is 5.69 Å². The minimum atomic E-state index is 0.886. The third kappa shape index (κ3) is 3.91. The highest BCUT2D eigenvalue weighted by atomic mass is 32.1. The SMILES string of the molecule is c1ccc(-n2c3ccccc3c3cccc(N(c4ccc5c(c4)sc4ccccc45)c4cc5ccccc5c5oc6ccccc6c45)c32)cc1. The first-order valence-corrected chi connectivity index (χ1v) is 17.8. The number of aromatic nitrogens is 1. The van der Waals surface area contributed by atoms with Gasteiger partial charge in [-0.05, 0) is 60.0 Å². The summed E-state index contributed by atoms with van der Waals surface area (Å²) in [6, 6.07) is 61.3. The Balaban J connectivity index is 1.32. The van der Waals surface area contributed by atoms with E-state index in [1.165, 1.54) is 36.5 Å². The second-order valence-electron chi connectivity index (χ2n) is 12.9. The molecule has 234 valence electrons. The van der Waals surface area contributed by atoms with Gasteiger partial charge in [-0.3, -0.25) is 0 Å². The summed E-state index contributed by atoms with van der Waals surface area (Å²) < 4.78 is 11.7. The van der Waals surface area contributed by atoms with Gasteiger partial charge in [0.25, 0.3) is 0 Å². The monoisotopic (exact) mass is 656 g/mol. The lowest BCUT2D eigenvalue weighted by Crippen LogP contribution is -2.12. The molecule has 3 heterocycles. The molecule has 0 fully saturated rings. The van der Waals surface area contributed by atoms with Crippen LogP contribution in [0.2, 0.25) is 0 Å². The Morgan fingerprint density at radius 2 is 1.18 bits per heavy atom.